The van der Waals surface area contributed by atoms with Gasteiger partial charge in [0.15, 0.2) is 6.29 Å². The summed E-state index contributed by atoms with van der Waals surface area (Å²) in [7, 11) is -1.77. The maximum atomic E-state index is 14.4. The summed E-state index contributed by atoms with van der Waals surface area (Å²) in [6, 6.07) is 3.77. The Labute approximate surface area is 202 Å². The normalized spacial score (nSPS) is 30.8. The summed E-state index contributed by atoms with van der Waals surface area (Å²) >= 11 is 0. The predicted molar refractivity (Wildman–Crippen MR) is 119 cm³/mol. The molecule has 13 nitrogen and oxygen atoms in total. The van der Waals surface area contributed by atoms with Crippen LogP contribution >= 0.6 is 7.75 Å². The number of methoxy groups -OCH3 is 2. The summed E-state index contributed by atoms with van der Waals surface area (Å²) in [5, 5.41) is 33.2. The maximum Gasteiger partial charge on any atom is 0.462 e. The highest BCUT2D eigenvalue weighted by Crippen LogP contribution is 2.57. The van der Waals surface area contributed by atoms with Crippen LogP contribution < -0.4 is 14.6 Å². The van der Waals surface area contributed by atoms with Gasteiger partial charge in [-0.25, -0.2) is 4.57 Å². The Morgan fingerprint density at radius 1 is 1.20 bits per heavy atom. The zero-order valence-electron chi connectivity index (χ0n) is 19.6. The molecule has 3 rings (SSSR count). The van der Waals surface area contributed by atoms with Crippen molar-refractivity contribution in [2.24, 2.45) is 0 Å². The first-order valence-corrected chi connectivity index (χ1v) is 12.5. The zero-order chi connectivity index (χ0) is 25.8. The summed E-state index contributed by atoms with van der Waals surface area (Å²) in [5.41, 5.74) is 0. The first-order valence-electron chi connectivity index (χ1n) is 11.0. The number of amides is 1. The largest absolute Gasteiger partial charge is 0.497 e. The average molecular weight is 518 g/mol. The minimum absolute atomic E-state index is 0.113. The van der Waals surface area contributed by atoms with Gasteiger partial charge in [0.2, 0.25) is 5.91 Å². The lowest BCUT2D eigenvalue weighted by Gasteiger charge is -2.44. The van der Waals surface area contributed by atoms with E-state index < -0.39 is 62.9 Å². The first kappa shape index (κ1) is 27.3. The number of carbonyl (C=O) groups excluding carboxylic acids is 2. The zero-order valence-corrected chi connectivity index (χ0v) is 20.5. The van der Waals surface area contributed by atoms with Gasteiger partial charge < -0.3 is 39.4 Å². The molecule has 0 aromatic heterocycles. The third-order valence-electron chi connectivity index (χ3n) is 5.79. The number of benzene rings is 1. The van der Waals surface area contributed by atoms with Crippen LogP contribution in [0.3, 0.4) is 0 Å². The van der Waals surface area contributed by atoms with Gasteiger partial charge in [-0.1, -0.05) is 0 Å². The predicted octanol–water partition coefficient (Wildman–Crippen LogP) is -0.220. The molecule has 0 aliphatic carbocycles. The minimum atomic E-state index is -4.45. The second-order valence-corrected chi connectivity index (χ2v) is 9.96. The van der Waals surface area contributed by atoms with Crippen molar-refractivity contribution < 1.29 is 52.7 Å². The molecular weight excluding hydrogens is 487 g/mol. The number of aliphatic hydroxyl groups is 3. The monoisotopic (exact) mass is 518 g/mol. The minimum Gasteiger partial charge on any atom is -0.497 e. The molecule has 2 saturated heterocycles. The van der Waals surface area contributed by atoms with E-state index >= 15 is 0 Å². The van der Waals surface area contributed by atoms with Gasteiger partial charge in [-0.2, -0.15) is 4.67 Å². The summed E-state index contributed by atoms with van der Waals surface area (Å²) in [4.78, 5) is 24.2. The highest BCUT2D eigenvalue weighted by Gasteiger charge is 2.53. The van der Waals surface area contributed by atoms with Crippen molar-refractivity contribution >= 4 is 19.6 Å². The molecule has 1 aromatic carbocycles. The van der Waals surface area contributed by atoms with Crippen LogP contribution in [0.1, 0.15) is 19.8 Å². The molecule has 0 radical (unpaired) electrons. The fourth-order valence-electron chi connectivity index (χ4n) is 4.08. The van der Waals surface area contributed by atoms with Crippen LogP contribution in [-0.4, -0.2) is 95.9 Å². The van der Waals surface area contributed by atoms with Gasteiger partial charge in [-0.05, 0) is 37.1 Å². The Hall–Kier alpha value is -2.25. The Balaban J connectivity index is 2.01. The van der Waals surface area contributed by atoms with E-state index in [1.165, 1.54) is 37.9 Å². The van der Waals surface area contributed by atoms with E-state index in [1.54, 1.807) is 12.1 Å². The lowest BCUT2D eigenvalue weighted by Crippen LogP contribution is -2.64. The topological polar surface area (TPSA) is 173 Å². The number of nitrogens with one attached hydrogen (secondary N) is 1. The van der Waals surface area contributed by atoms with Crippen molar-refractivity contribution in [3.05, 3.63) is 24.3 Å². The van der Waals surface area contributed by atoms with Crippen molar-refractivity contribution in [2.75, 3.05) is 27.4 Å². The molecule has 0 saturated carbocycles. The van der Waals surface area contributed by atoms with Gasteiger partial charge >= 0.3 is 13.7 Å². The van der Waals surface area contributed by atoms with E-state index in [1.807, 2.05) is 0 Å². The van der Waals surface area contributed by atoms with Gasteiger partial charge in [0.25, 0.3) is 0 Å². The summed E-state index contributed by atoms with van der Waals surface area (Å²) < 4.78 is 42.4. The molecule has 196 valence electrons. The molecular formula is C21H31N2O11P. The van der Waals surface area contributed by atoms with Crippen LogP contribution in [0.15, 0.2) is 24.3 Å². The number of ether oxygens (including phenoxy) is 3. The van der Waals surface area contributed by atoms with Gasteiger partial charge in [0, 0.05) is 13.5 Å². The Bertz CT molecular complexity index is 930. The third kappa shape index (κ3) is 6.12. The molecule has 4 N–H and O–H groups in total. The van der Waals surface area contributed by atoms with Crippen LogP contribution in [0.25, 0.3) is 0 Å². The SMILES string of the molecule is COC(=O)C1CCCN1P(=O)(Oc1ccc(OC)cc1)O[C@@H]1[C@H](O)[C@@H](CO)O[C@H](O)[C@@H]1NC(C)=O. The third-order valence-corrected chi connectivity index (χ3v) is 7.85. The lowest BCUT2D eigenvalue weighted by atomic mass is 9.97. The molecule has 1 amide bonds. The van der Waals surface area contributed by atoms with Crippen LogP contribution in [0.2, 0.25) is 0 Å². The quantitative estimate of drug-likeness (QED) is 0.250. The Morgan fingerprint density at radius 3 is 2.43 bits per heavy atom. The van der Waals surface area contributed by atoms with Crippen molar-refractivity contribution in [3.63, 3.8) is 0 Å². The van der Waals surface area contributed by atoms with E-state index in [4.69, 9.17) is 23.3 Å². The van der Waals surface area contributed by atoms with Crippen molar-refractivity contribution in [1.29, 1.82) is 0 Å². The van der Waals surface area contributed by atoms with E-state index in [-0.39, 0.29) is 12.3 Å². The van der Waals surface area contributed by atoms with Gasteiger partial charge in [-0.3, -0.25) is 14.1 Å². The van der Waals surface area contributed by atoms with Crippen molar-refractivity contribution in [1.82, 2.24) is 9.99 Å². The first-order chi connectivity index (χ1) is 16.6. The van der Waals surface area contributed by atoms with Crippen LogP contribution in [-0.2, 0) is 28.2 Å². The molecule has 2 aliphatic heterocycles. The molecule has 2 aliphatic rings. The van der Waals surface area contributed by atoms with E-state index in [0.717, 1.165) is 0 Å². The van der Waals surface area contributed by atoms with E-state index in [9.17, 15) is 29.5 Å². The fraction of sp³-hybridized carbons (Fsp3) is 0.619. The molecule has 0 bridgehead atoms. The summed E-state index contributed by atoms with van der Waals surface area (Å²) in [5.74, 6) is -0.605. The fourth-order valence-corrected chi connectivity index (χ4v) is 6.23. The highest BCUT2D eigenvalue weighted by atomic mass is 31.2. The van der Waals surface area contributed by atoms with Crippen LogP contribution in [0, 0.1) is 0 Å². The molecule has 2 unspecified atom stereocenters. The molecule has 1 aromatic rings. The summed E-state index contributed by atoms with van der Waals surface area (Å²) in [6.07, 6.45) is -5.36. The number of rotatable bonds is 9. The van der Waals surface area contributed by atoms with Crippen LogP contribution in [0.4, 0.5) is 0 Å². The Morgan fingerprint density at radius 2 is 1.86 bits per heavy atom. The average Bonchev–Trinajstić information content (AvgIpc) is 3.34. The number of aliphatic hydroxyl groups excluding tert-OH is 3. The smallest absolute Gasteiger partial charge is 0.462 e. The molecule has 2 fully saturated rings. The number of hydrogen-bond acceptors (Lipinski definition) is 11. The van der Waals surface area contributed by atoms with Gasteiger partial charge in [0.1, 0.15) is 41.9 Å². The van der Waals surface area contributed by atoms with E-state index in [0.29, 0.717) is 18.6 Å². The molecule has 7 atom stereocenters. The number of hydrogen-bond donors (Lipinski definition) is 4. The van der Waals surface area contributed by atoms with Crippen molar-refractivity contribution in [2.45, 2.75) is 56.5 Å². The highest BCUT2D eigenvalue weighted by molar-refractivity contribution is 7.51. The van der Waals surface area contributed by atoms with Gasteiger partial charge in [0.05, 0.1) is 20.8 Å². The second kappa shape index (κ2) is 11.7. The number of carbonyl (C=O) groups is 2. The Kier molecular flexibility index (Phi) is 9.11. The molecule has 14 heteroatoms. The maximum absolute atomic E-state index is 14.4. The number of nitrogens with zero attached hydrogens (tertiary/aromatic N) is 1. The lowest BCUT2D eigenvalue weighted by molar-refractivity contribution is -0.250. The van der Waals surface area contributed by atoms with Gasteiger partial charge in [-0.15, -0.1) is 0 Å². The molecule has 35 heavy (non-hydrogen) atoms. The molecule has 0 spiro atoms. The van der Waals surface area contributed by atoms with E-state index in [2.05, 4.69) is 5.32 Å². The summed E-state index contributed by atoms with van der Waals surface area (Å²) in [6.45, 7) is 0.627. The molecule has 2 heterocycles. The van der Waals surface area contributed by atoms with Crippen LogP contribution in [0.5, 0.6) is 11.5 Å². The second-order valence-electron chi connectivity index (χ2n) is 8.11. The standard InChI is InChI=1S/C21H31N2O11P/c1-12(25)22-17-19(18(26)16(11-24)32-21(17)28)34-35(29,23-10-4-5-15(23)20(27)31-3)33-14-8-6-13(30-2)7-9-14/h6-9,15-19,21,24,26,28H,4-5,10-11H2,1-3H3,(H,22,25)/t15?,16-,17-,18-,19+,21+,35?/m1/s1. The van der Waals surface area contributed by atoms with Crippen molar-refractivity contribution in [3.8, 4) is 11.5 Å². The number of esters is 1.